The number of esters is 1. The van der Waals surface area contributed by atoms with Gasteiger partial charge in [-0.1, -0.05) is 0 Å². The van der Waals surface area contributed by atoms with Crippen molar-refractivity contribution in [3.05, 3.63) is 11.9 Å². The van der Waals surface area contributed by atoms with E-state index in [9.17, 15) is 18.0 Å². The number of hydrogen-bond acceptors (Lipinski definition) is 4. The lowest BCUT2D eigenvalue weighted by Gasteiger charge is -2.32. The molecule has 0 amide bonds. The largest absolute Gasteiger partial charge is 0.466 e. The van der Waals surface area contributed by atoms with E-state index in [0.717, 1.165) is 0 Å². The van der Waals surface area contributed by atoms with E-state index in [2.05, 4.69) is 10.4 Å². The van der Waals surface area contributed by atoms with Gasteiger partial charge in [-0.05, 0) is 6.92 Å². The number of nitrogens with one attached hydrogen (secondary N) is 1. The molecule has 1 N–H and O–H groups in total. The Morgan fingerprint density at radius 2 is 2.32 bits per heavy atom. The number of nitrogens with zero attached hydrogens (tertiary/aromatic N) is 2. The molecule has 2 rings (SSSR count). The summed E-state index contributed by atoms with van der Waals surface area (Å²) >= 11 is 0. The van der Waals surface area contributed by atoms with E-state index < -0.39 is 24.1 Å². The standard InChI is InChI=1S/C11H14F3N3O2/c1-3-19-10(18)6-4-8-7(5-15-17(8)2)16-9(6)11(12,13)14/h5-6,9,16H,3-4H2,1-2H3/t6-,9-/m1/s1. The van der Waals surface area contributed by atoms with Gasteiger partial charge in [-0.25, -0.2) is 0 Å². The summed E-state index contributed by atoms with van der Waals surface area (Å²) < 4.78 is 45.2. The van der Waals surface area contributed by atoms with Crippen LogP contribution >= 0.6 is 0 Å². The first-order valence-corrected chi connectivity index (χ1v) is 5.85. The Balaban J connectivity index is 2.33. The van der Waals surface area contributed by atoms with Gasteiger partial charge in [-0.2, -0.15) is 18.3 Å². The Labute approximate surface area is 107 Å². The van der Waals surface area contributed by atoms with Crippen LogP contribution in [0.15, 0.2) is 6.20 Å². The molecule has 0 spiro atoms. The number of carbonyl (C=O) groups excluding carboxylic acids is 1. The van der Waals surface area contributed by atoms with Crippen molar-refractivity contribution < 1.29 is 22.7 Å². The topological polar surface area (TPSA) is 56.1 Å². The smallest absolute Gasteiger partial charge is 0.409 e. The minimum absolute atomic E-state index is 0.0398. The molecule has 0 aliphatic carbocycles. The van der Waals surface area contributed by atoms with Crippen LogP contribution in [0.2, 0.25) is 0 Å². The Kier molecular flexibility index (Phi) is 3.42. The average molecular weight is 277 g/mol. The van der Waals surface area contributed by atoms with Crippen LogP contribution in [-0.2, 0) is 23.0 Å². The van der Waals surface area contributed by atoms with Crippen molar-refractivity contribution in [1.82, 2.24) is 9.78 Å². The molecule has 0 bridgehead atoms. The van der Waals surface area contributed by atoms with E-state index in [4.69, 9.17) is 4.74 Å². The molecule has 0 saturated heterocycles. The summed E-state index contributed by atoms with van der Waals surface area (Å²) in [5.41, 5.74) is 0.879. The fourth-order valence-electron chi connectivity index (χ4n) is 2.20. The lowest BCUT2D eigenvalue weighted by atomic mass is 9.90. The second-order valence-corrected chi connectivity index (χ2v) is 4.35. The molecule has 0 fully saturated rings. The number of aromatic nitrogens is 2. The minimum atomic E-state index is -4.52. The van der Waals surface area contributed by atoms with Crippen molar-refractivity contribution in [1.29, 1.82) is 0 Å². The van der Waals surface area contributed by atoms with E-state index in [0.29, 0.717) is 11.4 Å². The molecule has 1 aromatic heterocycles. The first-order chi connectivity index (χ1) is 8.84. The van der Waals surface area contributed by atoms with Crippen molar-refractivity contribution in [3.8, 4) is 0 Å². The van der Waals surface area contributed by atoms with Crippen LogP contribution in [-0.4, -0.2) is 34.6 Å². The molecule has 0 radical (unpaired) electrons. The summed E-state index contributed by atoms with van der Waals surface area (Å²) in [7, 11) is 1.62. The quantitative estimate of drug-likeness (QED) is 0.832. The van der Waals surface area contributed by atoms with Crippen LogP contribution in [0.5, 0.6) is 0 Å². The highest BCUT2D eigenvalue weighted by Gasteiger charge is 2.51. The number of carbonyl (C=O) groups is 1. The van der Waals surface area contributed by atoms with Crippen LogP contribution < -0.4 is 5.32 Å². The molecular weight excluding hydrogens is 263 g/mol. The molecule has 106 valence electrons. The molecule has 1 aromatic rings. The van der Waals surface area contributed by atoms with Gasteiger partial charge in [0.25, 0.3) is 0 Å². The molecule has 1 aliphatic rings. The van der Waals surface area contributed by atoms with Gasteiger partial charge in [0, 0.05) is 13.5 Å². The number of hydrogen-bond donors (Lipinski definition) is 1. The van der Waals surface area contributed by atoms with E-state index in [-0.39, 0.29) is 13.0 Å². The Bertz CT molecular complexity index is 484. The van der Waals surface area contributed by atoms with Crippen LogP contribution in [0.4, 0.5) is 18.9 Å². The van der Waals surface area contributed by atoms with Crippen molar-refractivity contribution in [3.63, 3.8) is 0 Å². The first-order valence-electron chi connectivity index (χ1n) is 5.85. The Morgan fingerprint density at radius 1 is 1.63 bits per heavy atom. The second kappa shape index (κ2) is 4.75. The molecule has 19 heavy (non-hydrogen) atoms. The van der Waals surface area contributed by atoms with Gasteiger partial charge in [-0.3, -0.25) is 9.48 Å². The summed E-state index contributed by atoms with van der Waals surface area (Å²) in [4.78, 5) is 11.7. The van der Waals surface area contributed by atoms with Gasteiger partial charge in [0.05, 0.1) is 30.1 Å². The first kappa shape index (κ1) is 13.7. The highest BCUT2D eigenvalue weighted by Crippen LogP contribution is 2.36. The van der Waals surface area contributed by atoms with Crippen LogP contribution in [0.25, 0.3) is 0 Å². The van der Waals surface area contributed by atoms with E-state index >= 15 is 0 Å². The number of rotatable bonds is 2. The van der Waals surface area contributed by atoms with E-state index in [1.54, 1.807) is 14.0 Å². The van der Waals surface area contributed by atoms with E-state index in [1.165, 1.54) is 10.9 Å². The van der Waals surface area contributed by atoms with Gasteiger partial charge in [-0.15, -0.1) is 0 Å². The molecule has 0 aromatic carbocycles. The molecular formula is C11H14F3N3O2. The van der Waals surface area contributed by atoms with Gasteiger partial charge in [0.2, 0.25) is 0 Å². The number of halogens is 3. The number of aryl methyl sites for hydroxylation is 1. The van der Waals surface area contributed by atoms with Crippen LogP contribution in [0.3, 0.4) is 0 Å². The zero-order valence-corrected chi connectivity index (χ0v) is 10.5. The zero-order chi connectivity index (χ0) is 14.2. The second-order valence-electron chi connectivity index (χ2n) is 4.35. The van der Waals surface area contributed by atoms with Crippen molar-refractivity contribution in [2.45, 2.75) is 25.6 Å². The predicted octanol–water partition coefficient (Wildman–Crippen LogP) is 1.50. The van der Waals surface area contributed by atoms with E-state index in [1.807, 2.05) is 0 Å². The molecule has 0 saturated carbocycles. The third-order valence-corrected chi connectivity index (χ3v) is 3.13. The molecule has 0 unspecified atom stereocenters. The molecule has 1 aliphatic heterocycles. The van der Waals surface area contributed by atoms with Gasteiger partial charge >= 0.3 is 12.1 Å². The highest BCUT2D eigenvalue weighted by molar-refractivity contribution is 5.76. The maximum absolute atomic E-state index is 13.0. The summed E-state index contributed by atoms with van der Waals surface area (Å²) in [5.74, 6) is -2.13. The number of alkyl halides is 3. The third-order valence-electron chi connectivity index (χ3n) is 3.13. The fourth-order valence-corrected chi connectivity index (χ4v) is 2.20. The Morgan fingerprint density at radius 3 is 2.89 bits per heavy atom. The predicted molar refractivity (Wildman–Crippen MR) is 60.5 cm³/mol. The monoisotopic (exact) mass is 277 g/mol. The minimum Gasteiger partial charge on any atom is -0.466 e. The van der Waals surface area contributed by atoms with Crippen molar-refractivity contribution in [2.75, 3.05) is 11.9 Å². The SMILES string of the molecule is CCOC(=O)[C@@H]1Cc2c(cnn2C)N[C@H]1C(F)(F)F. The summed E-state index contributed by atoms with van der Waals surface area (Å²) in [5, 5.41) is 6.23. The Hall–Kier alpha value is -1.73. The van der Waals surface area contributed by atoms with Crippen molar-refractivity contribution in [2.24, 2.45) is 13.0 Å². The highest BCUT2D eigenvalue weighted by atomic mass is 19.4. The van der Waals surface area contributed by atoms with Crippen LogP contribution in [0.1, 0.15) is 12.6 Å². The number of fused-ring (bicyclic) bond motifs is 1. The number of anilines is 1. The van der Waals surface area contributed by atoms with Crippen molar-refractivity contribution >= 4 is 11.7 Å². The maximum atomic E-state index is 13.0. The molecule has 8 heteroatoms. The number of ether oxygens (including phenoxy) is 1. The van der Waals surface area contributed by atoms with Gasteiger partial charge in [0.1, 0.15) is 6.04 Å². The lowest BCUT2D eigenvalue weighted by Crippen LogP contribution is -2.49. The summed E-state index contributed by atoms with van der Waals surface area (Å²) in [6.45, 7) is 1.62. The third kappa shape index (κ3) is 2.52. The average Bonchev–Trinajstić information content (AvgIpc) is 2.68. The summed E-state index contributed by atoms with van der Waals surface area (Å²) in [6.07, 6.45) is -3.23. The zero-order valence-electron chi connectivity index (χ0n) is 10.5. The van der Waals surface area contributed by atoms with Gasteiger partial charge < -0.3 is 10.1 Å². The normalized spacial score (nSPS) is 22.6. The van der Waals surface area contributed by atoms with Crippen LogP contribution in [0, 0.1) is 5.92 Å². The lowest BCUT2D eigenvalue weighted by molar-refractivity contribution is -0.173. The fraction of sp³-hybridized carbons (Fsp3) is 0.636. The maximum Gasteiger partial charge on any atom is 0.409 e. The molecule has 2 atom stereocenters. The van der Waals surface area contributed by atoms with Gasteiger partial charge in [0.15, 0.2) is 0 Å². The summed E-state index contributed by atoms with van der Waals surface area (Å²) in [6, 6.07) is -1.94. The molecule has 2 heterocycles. The molecule has 5 nitrogen and oxygen atoms in total.